The highest BCUT2D eigenvalue weighted by molar-refractivity contribution is 5.30. The summed E-state index contributed by atoms with van der Waals surface area (Å²) < 4.78 is 26.9. The van der Waals surface area contributed by atoms with Crippen LogP contribution >= 0.6 is 0 Å². The van der Waals surface area contributed by atoms with Crippen molar-refractivity contribution in [2.24, 2.45) is 0 Å². The maximum absolute atomic E-state index is 13.5. The molecule has 0 aliphatic heterocycles. The molecule has 0 aliphatic carbocycles. The van der Waals surface area contributed by atoms with E-state index in [1.807, 2.05) is 0 Å². The Morgan fingerprint density at radius 2 is 1.93 bits per heavy atom. The minimum Gasteiger partial charge on any atom is -0.385 e. The molecule has 1 nitrogen and oxygen atoms in total. The Hall–Kier alpha value is -0.960. The van der Waals surface area contributed by atoms with Crippen molar-refractivity contribution in [2.45, 2.75) is 32.8 Å². The molecule has 1 aromatic rings. The van der Waals surface area contributed by atoms with Gasteiger partial charge in [-0.1, -0.05) is 13.0 Å². The van der Waals surface area contributed by atoms with E-state index < -0.39 is 17.2 Å². The molecule has 0 spiro atoms. The second-order valence-electron chi connectivity index (χ2n) is 3.68. The largest absolute Gasteiger partial charge is 0.385 e. The second-order valence-corrected chi connectivity index (χ2v) is 3.68. The lowest BCUT2D eigenvalue weighted by Crippen LogP contribution is -2.23. The molecule has 78 valence electrons. The molecule has 0 bridgehead atoms. The van der Waals surface area contributed by atoms with Gasteiger partial charge in [0.2, 0.25) is 0 Å². The van der Waals surface area contributed by atoms with Crippen LogP contribution in [0.2, 0.25) is 0 Å². The Morgan fingerprint density at radius 3 is 2.43 bits per heavy atom. The Bertz CT molecular complexity index is 345. The van der Waals surface area contributed by atoms with Gasteiger partial charge in [-0.3, -0.25) is 0 Å². The summed E-state index contributed by atoms with van der Waals surface area (Å²) in [5.74, 6) is -1.35. The molecule has 1 N–H and O–H groups in total. The van der Waals surface area contributed by atoms with E-state index >= 15 is 0 Å². The number of aliphatic hydroxyl groups is 1. The van der Waals surface area contributed by atoms with Gasteiger partial charge in [-0.2, -0.15) is 0 Å². The van der Waals surface area contributed by atoms with Gasteiger partial charge in [0.15, 0.2) is 0 Å². The van der Waals surface area contributed by atoms with E-state index in [4.69, 9.17) is 0 Å². The van der Waals surface area contributed by atoms with E-state index in [0.717, 1.165) is 0 Å². The SMILES string of the molecule is CCC(C)(O)c1c(F)ccc(C)c1F. The van der Waals surface area contributed by atoms with E-state index in [-0.39, 0.29) is 12.0 Å². The van der Waals surface area contributed by atoms with E-state index in [1.165, 1.54) is 19.1 Å². The fourth-order valence-electron chi connectivity index (χ4n) is 1.33. The minimum atomic E-state index is -1.44. The number of halogens is 2. The highest BCUT2D eigenvalue weighted by atomic mass is 19.1. The Balaban J connectivity index is 3.40. The molecule has 0 saturated carbocycles. The van der Waals surface area contributed by atoms with E-state index in [2.05, 4.69) is 0 Å². The number of hydrogen-bond acceptors (Lipinski definition) is 1. The Kier molecular flexibility index (Phi) is 2.90. The number of hydrogen-bond donors (Lipinski definition) is 1. The summed E-state index contributed by atoms with van der Waals surface area (Å²) in [7, 11) is 0. The van der Waals surface area contributed by atoms with Crippen molar-refractivity contribution < 1.29 is 13.9 Å². The van der Waals surface area contributed by atoms with Crippen molar-refractivity contribution in [1.82, 2.24) is 0 Å². The predicted octanol–water partition coefficient (Wildman–Crippen LogP) is 2.89. The molecule has 3 heteroatoms. The van der Waals surface area contributed by atoms with Gasteiger partial charge >= 0.3 is 0 Å². The van der Waals surface area contributed by atoms with Crippen LogP contribution in [0.3, 0.4) is 0 Å². The van der Waals surface area contributed by atoms with Crippen molar-refractivity contribution >= 4 is 0 Å². The maximum Gasteiger partial charge on any atom is 0.135 e. The molecular formula is C11H14F2O. The first kappa shape index (κ1) is 11.1. The van der Waals surface area contributed by atoms with Crippen LogP contribution in [-0.2, 0) is 5.60 Å². The number of aryl methyl sites for hydroxylation is 1. The quantitative estimate of drug-likeness (QED) is 0.778. The van der Waals surface area contributed by atoms with Crippen LogP contribution < -0.4 is 0 Å². The summed E-state index contributed by atoms with van der Waals surface area (Å²) in [5, 5.41) is 9.80. The van der Waals surface area contributed by atoms with Gasteiger partial charge in [0.1, 0.15) is 11.6 Å². The lowest BCUT2D eigenvalue weighted by Gasteiger charge is -2.23. The number of rotatable bonds is 2. The second kappa shape index (κ2) is 3.65. The fraction of sp³-hybridized carbons (Fsp3) is 0.455. The van der Waals surface area contributed by atoms with Gasteiger partial charge in [0.05, 0.1) is 11.2 Å². The third kappa shape index (κ3) is 1.77. The summed E-state index contributed by atoms with van der Waals surface area (Å²) >= 11 is 0. The first-order chi connectivity index (χ1) is 6.40. The first-order valence-corrected chi connectivity index (χ1v) is 4.57. The molecule has 0 aromatic heterocycles. The highest BCUT2D eigenvalue weighted by Crippen LogP contribution is 2.30. The molecule has 1 atom stereocenters. The Morgan fingerprint density at radius 1 is 1.36 bits per heavy atom. The van der Waals surface area contributed by atoms with E-state index in [0.29, 0.717) is 5.56 Å². The standard InChI is InChI=1S/C11H14F2O/c1-4-11(3,14)9-8(12)6-5-7(2)10(9)13/h5-6,14H,4H2,1-3H3. The van der Waals surface area contributed by atoms with Crippen LogP contribution in [0.4, 0.5) is 8.78 Å². The molecule has 0 radical (unpaired) electrons. The average molecular weight is 200 g/mol. The fourth-order valence-corrected chi connectivity index (χ4v) is 1.33. The highest BCUT2D eigenvalue weighted by Gasteiger charge is 2.28. The normalized spacial score (nSPS) is 15.3. The lowest BCUT2D eigenvalue weighted by molar-refractivity contribution is 0.0452. The van der Waals surface area contributed by atoms with Crippen LogP contribution in [-0.4, -0.2) is 5.11 Å². The molecule has 1 rings (SSSR count). The van der Waals surface area contributed by atoms with Crippen LogP contribution in [0.1, 0.15) is 31.4 Å². The minimum absolute atomic E-state index is 0.236. The summed E-state index contributed by atoms with van der Waals surface area (Å²) in [5.41, 5.74) is -1.34. The van der Waals surface area contributed by atoms with Crippen LogP contribution in [0.15, 0.2) is 12.1 Å². The summed E-state index contributed by atoms with van der Waals surface area (Å²) in [6.45, 7) is 4.64. The first-order valence-electron chi connectivity index (χ1n) is 4.57. The molecular weight excluding hydrogens is 186 g/mol. The van der Waals surface area contributed by atoms with E-state index in [1.54, 1.807) is 13.8 Å². The smallest absolute Gasteiger partial charge is 0.135 e. The summed E-state index contributed by atoms with van der Waals surface area (Å²) in [4.78, 5) is 0. The molecule has 0 aliphatic rings. The van der Waals surface area contributed by atoms with Crippen molar-refractivity contribution in [1.29, 1.82) is 0 Å². The van der Waals surface area contributed by atoms with Crippen molar-refractivity contribution in [2.75, 3.05) is 0 Å². The topological polar surface area (TPSA) is 20.2 Å². The average Bonchev–Trinajstić information content (AvgIpc) is 2.12. The van der Waals surface area contributed by atoms with Gasteiger partial charge in [-0.25, -0.2) is 8.78 Å². The summed E-state index contributed by atoms with van der Waals surface area (Å²) in [6.07, 6.45) is 0.268. The predicted molar refractivity (Wildman–Crippen MR) is 51.0 cm³/mol. The molecule has 1 unspecified atom stereocenters. The van der Waals surface area contributed by atoms with Gasteiger partial charge in [-0.05, 0) is 31.9 Å². The summed E-state index contributed by atoms with van der Waals surface area (Å²) in [6, 6.07) is 2.54. The molecule has 1 aromatic carbocycles. The zero-order valence-electron chi connectivity index (χ0n) is 8.56. The Labute approximate surface area is 82.4 Å². The molecule has 0 saturated heterocycles. The third-order valence-electron chi connectivity index (χ3n) is 2.51. The van der Waals surface area contributed by atoms with Gasteiger partial charge in [-0.15, -0.1) is 0 Å². The lowest BCUT2D eigenvalue weighted by atomic mass is 9.91. The van der Waals surface area contributed by atoms with Crippen molar-refractivity contribution in [3.63, 3.8) is 0 Å². The number of benzene rings is 1. The van der Waals surface area contributed by atoms with Crippen LogP contribution in [0.5, 0.6) is 0 Å². The van der Waals surface area contributed by atoms with E-state index in [9.17, 15) is 13.9 Å². The van der Waals surface area contributed by atoms with Crippen molar-refractivity contribution in [3.05, 3.63) is 34.9 Å². The van der Waals surface area contributed by atoms with Crippen LogP contribution in [0, 0.1) is 18.6 Å². The van der Waals surface area contributed by atoms with Crippen LogP contribution in [0.25, 0.3) is 0 Å². The molecule has 14 heavy (non-hydrogen) atoms. The zero-order chi connectivity index (χ0) is 10.9. The maximum atomic E-state index is 13.5. The molecule has 0 heterocycles. The molecule has 0 amide bonds. The van der Waals surface area contributed by atoms with Gasteiger partial charge < -0.3 is 5.11 Å². The van der Waals surface area contributed by atoms with Gasteiger partial charge in [0.25, 0.3) is 0 Å². The van der Waals surface area contributed by atoms with Gasteiger partial charge in [0, 0.05) is 0 Å². The monoisotopic (exact) mass is 200 g/mol. The molecule has 0 fully saturated rings. The zero-order valence-corrected chi connectivity index (χ0v) is 8.56. The van der Waals surface area contributed by atoms with Crippen molar-refractivity contribution in [3.8, 4) is 0 Å². The third-order valence-corrected chi connectivity index (χ3v) is 2.51.